The summed E-state index contributed by atoms with van der Waals surface area (Å²) in [6, 6.07) is 0. The van der Waals surface area contributed by atoms with Crippen LogP contribution >= 0.6 is 0 Å². The van der Waals surface area contributed by atoms with Crippen LogP contribution in [0.5, 0.6) is 0 Å². The van der Waals surface area contributed by atoms with Gasteiger partial charge in [-0.15, -0.1) is 0 Å². The van der Waals surface area contributed by atoms with Crippen LogP contribution in [-0.2, 0) is 9.47 Å². The Morgan fingerprint density at radius 2 is 1.67 bits per heavy atom. The molecule has 6 nitrogen and oxygen atoms in total. The SMILES string of the molecule is CCNC(=NCC1(N2CCCCC2)CCCCC1)N1CCC(OCCCOC)CC1. The number of nitrogens with zero attached hydrogens (tertiary/aromatic N) is 3. The van der Waals surface area contributed by atoms with Crippen LogP contribution in [0.4, 0.5) is 0 Å². The summed E-state index contributed by atoms with van der Waals surface area (Å²) < 4.78 is 11.2. The maximum atomic E-state index is 6.05. The van der Waals surface area contributed by atoms with Crippen LogP contribution in [-0.4, -0.2) is 87.0 Å². The van der Waals surface area contributed by atoms with Crippen LogP contribution < -0.4 is 5.32 Å². The molecule has 0 spiro atoms. The van der Waals surface area contributed by atoms with Gasteiger partial charge in [0.2, 0.25) is 0 Å². The van der Waals surface area contributed by atoms with Crippen molar-refractivity contribution in [3.8, 4) is 0 Å². The molecular formula is C24H46N4O2. The van der Waals surface area contributed by atoms with Gasteiger partial charge in [0.25, 0.3) is 0 Å². The van der Waals surface area contributed by atoms with Gasteiger partial charge in [0.05, 0.1) is 12.6 Å². The number of aliphatic imine (C=N–C) groups is 1. The molecular weight excluding hydrogens is 376 g/mol. The van der Waals surface area contributed by atoms with Crippen LogP contribution in [0.3, 0.4) is 0 Å². The highest BCUT2D eigenvalue weighted by Gasteiger charge is 2.38. The number of rotatable bonds is 9. The van der Waals surface area contributed by atoms with Crippen molar-refractivity contribution in [1.82, 2.24) is 15.1 Å². The van der Waals surface area contributed by atoms with Crippen LogP contribution in [0.2, 0.25) is 0 Å². The highest BCUT2D eigenvalue weighted by atomic mass is 16.5. The molecule has 2 heterocycles. The Morgan fingerprint density at radius 3 is 2.33 bits per heavy atom. The van der Waals surface area contributed by atoms with Gasteiger partial charge >= 0.3 is 0 Å². The van der Waals surface area contributed by atoms with Crippen molar-refractivity contribution >= 4 is 5.96 Å². The van der Waals surface area contributed by atoms with Gasteiger partial charge in [-0.1, -0.05) is 25.7 Å². The van der Waals surface area contributed by atoms with E-state index in [4.69, 9.17) is 14.5 Å². The standard InChI is InChI=1S/C24H46N4O2/c1-3-25-23(27-17-11-22(12-18-27)30-20-10-19-29-2)26-21-24(13-6-4-7-14-24)28-15-8-5-9-16-28/h22H,3-21H2,1-2H3,(H,25,26). The second kappa shape index (κ2) is 12.9. The Kier molecular flexibility index (Phi) is 10.2. The van der Waals surface area contributed by atoms with Gasteiger partial charge in [-0.05, 0) is 65.0 Å². The average Bonchev–Trinajstić information content (AvgIpc) is 2.81. The van der Waals surface area contributed by atoms with E-state index in [1.807, 2.05) is 0 Å². The van der Waals surface area contributed by atoms with E-state index >= 15 is 0 Å². The first-order valence-corrected chi connectivity index (χ1v) is 12.7. The third-order valence-electron chi connectivity index (χ3n) is 7.26. The number of ether oxygens (including phenoxy) is 2. The second-order valence-electron chi connectivity index (χ2n) is 9.41. The van der Waals surface area contributed by atoms with E-state index in [2.05, 4.69) is 22.0 Å². The lowest BCUT2D eigenvalue weighted by atomic mass is 9.79. The molecule has 0 aromatic carbocycles. The summed E-state index contributed by atoms with van der Waals surface area (Å²) in [4.78, 5) is 10.5. The molecule has 0 aromatic heterocycles. The van der Waals surface area contributed by atoms with E-state index < -0.39 is 0 Å². The fourth-order valence-electron chi connectivity index (χ4n) is 5.49. The number of hydrogen-bond donors (Lipinski definition) is 1. The molecule has 1 saturated carbocycles. The lowest BCUT2D eigenvalue weighted by molar-refractivity contribution is 0.00966. The van der Waals surface area contributed by atoms with Gasteiger partial charge in [-0.3, -0.25) is 9.89 Å². The van der Waals surface area contributed by atoms with Crippen LogP contribution in [0.15, 0.2) is 4.99 Å². The number of methoxy groups -OCH3 is 1. The first-order valence-electron chi connectivity index (χ1n) is 12.7. The summed E-state index contributed by atoms with van der Waals surface area (Å²) in [5.74, 6) is 1.12. The van der Waals surface area contributed by atoms with Crippen molar-refractivity contribution in [1.29, 1.82) is 0 Å². The Morgan fingerprint density at radius 1 is 0.967 bits per heavy atom. The molecule has 0 bridgehead atoms. The van der Waals surface area contributed by atoms with Gasteiger partial charge in [-0.25, -0.2) is 0 Å². The number of hydrogen-bond acceptors (Lipinski definition) is 4. The van der Waals surface area contributed by atoms with E-state index in [-0.39, 0.29) is 0 Å². The van der Waals surface area contributed by atoms with E-state index in [9.17, 15) is 0 Å². The summed E-state index contributed by atoms with van der Waals surface area (Å²) in [5, 5.41) is 3.59. The van der Waals surface area contributed by atoms with E-state index in [0.717, 1.165) is 64.6 Å². The molecule has 2 aliphatic heterocycles. The zero-order chi connectivity index (χ0) is 21.1. The molecule has 0 atom stereocenters. The summed E-state index contributed by atoms with van der Waals surface area (Å²) >= 11 is 0. The second-order valence-corrected chi connectivity index (χ2v) is 9.41. The van der Waals surface area contributed by atoms with Crippen LogP contribution in [0.25, 0.3) is 0 Å². The third kappa shape index (κ3) is 6.83. The van der Waals surface area contributed by atoms with Crippen LogP contribution in [0.1, 0.15) is 77.6 Å². The third-order valence-corrected chi connectivity index (χ3v) is 7.26. The minimum absolute atomic E-state index is 0.308. The molecule has 2 saturated heterocycles. The van der Waals surface area contributed by atoms with Crippen molar-refractivity contribution in [2.45, 2.75) is 89.2 Å². The first kappa shape index (κ1) is 23.8. The highest BCUT2D eigenvalue weighted by Crippen LogP contribution is 2.36. The molecule has 3 aliphatic rings. The van der Waals surface area contributed by atoms with E-state index in [0.29, 0.717) is 11.6 Å². The van der Waals surface area contributed by atoms with Gasteiger partial charge in [0, 0.05) is 45.5 Å². The largest absolute Gasteiger partial charge is 0.385 e. The Labute approximate surface area is 184 Å². The first-order chi connectivity index (χ1) is 14.8. The zero-order valence-electron chi connectivity index (χ0n) is 19.7. The van der Waals surface area contributed by atoms with Gasteiger partial charge in [0.15, 0.2) is 5.96 Å². The van der Waals surface area contributed by atoms with Crippen LogP contribution in [0, 0.1) is 0 Å². The Hall–Kier alpha value is -0.850. The Bertz CT molecular complexity index is 493. The molecule has 30 heavy (non-hydrogen) atoms. The zero-order valence-corrected chi connectivity index (χ0v) is 19.7. The summed E-state index contributed by atoms with van der Waals surface area (Å²) in [6.45, 7) is 10.3. The van der Waals surface area contributed by atoms with Crippen molar-refractivity contribution in [2.75, 3.05) is 59.6 Å². The van der Waals surface area contributed by atoms with Crippen molar-refractivity contribution in [3.63, 3.8) is 0 Å². The molecule has 1 aliphatic carbocycles. The number of piperidine rings is 2. The molecule has 174 valence electrons. The summed E-state index contributed by atoms with van der Waals surface area (Å²) in [7, 11) is 1.75. The number of likely N-dealkylation sites (tertiary alicyclic amines) is 2. The quantitative estimate of drug-likeness (QED) is 0.349. The maximum Gasteiger partial charge on any atom is 0.193 e. The molecule has 6 heteroatoms. The highest BCUT2D eigenvalue weighted by molar-refractivity contribution is 5.80. The van der Waals surface area contributed by atoms with Gasteiger partial charge < -0.3 is 19.7 Å². The monoisotopic (exact) mass is 422 g/mol. The van der Waals surface area contributed by atoms with Crippen molar-refractivity contribution in [3.05, 3.63) is 0 Å². The minimum atomic E-state index is 0.308. The minimum Gasteiger partial charge on any atom is -0.385 e. The lowest BCUT2D eigenvalue weighted by Gasteiger charge is -2.47. The number of nitrogens with one attached hydrogen (secondary N) is 1. The molecule has 0 amide bonds. The van der Waals surface area contributed by atoms with Gasteiger partial charge in [0.1, 0.15) is 0 Å². The summed E-state index contributed by atoms with van der Waals surface area (Å²) in [6.07, 6.45) is 14.5. The van der Waals surface area contributed by atoms with Crippen molar-refractivity contribution in [2.24, 2.45) is 4.99 Å². The normalized spacial score (nSPS) is 24.2. The predicted molar refractivity (Wildman–Crippen MR) is 124 cm³/mol. The Balaban J connectivity index is 1.56. The fraction of sp³-hybridized carbons (Fsp3) is 0.958. The summed E-state index contributed by atoms with van der Waals surface area (Å²) in [5.41, 5.74) is 0.308. The fourth-order valence-corrected chi connectivity index (χ4v) is 5.49. The molecule has 0 radical (unpaired) electrons. The lowest BCUT2D eigenvalue weighted by Crippen LogP contribution is -2.55. The average molecular weight is 423 g/mol. The van der Waals surface area contributed by atoms with Crippen molar-refractivity contribution < 1.29 is 9.47 Å². The van der Waals surface area contributed by atoms with E-state index in [1.165, 1.54) is 64.5 Å². The maximum absolute atomic E-state index is 6.05. The van der Waals surface area contributed by atoms with E-state index in [1.54, 1.807) is 7.11 Å². The number of guanidine groups is 1. The predicted octanol–water partition coefficient (Wildman–Crippen LogP) is 3.66. The molecule has 0 unspecified atom stereocenters. The molecule has 3 fully saturated rings. The molecule has 1 N–H and O–H groups in total. The molecule has 0 aromatic rings. The molecule has 3 rings (SSSR count). The smallest absolute Gasteiger partial charge is 0.193 e. The topological polar surface area (TPSA) is 49.3 Å². The van der Waals surface area contributed by atoms with Gasteiger partial charge in [-0.2, -0.15) is 0 Å².